The van der Waals surface area contributed by atoms with Gasteiger partial charge < -0.3 is 19.4 Å². The normalized spacial score (nSPS) is 29.5. The van der Waals surface area contributed by atoms with E-state index < -0.39 is 5.60 Å². The van der Waals surface area contributed by atoms with Crippen LogP contribution in [0.2, 0.25) is 0 Å². The van der Waals surface area contributed by atoms with Crippen molar-refractivity contribution in [2.45, 2.75) is 94.9 Å². The Morgan fingerprint density at radius 1 is 1.00 bits per heavy atom. The second kappa shape index (κ2) is 9.79. The third kappa shape index (κ3) is 5.21. The van der Waals surface area contributed by atoms with Crippen LogP contribution in [0.5, 0.6) is 0 Å². The zero-order valence-corrected chi connectivity index (χ0v) is 23.5. The van der Waals surface area contributed by atoms with Crippen molar-refractivity contribution in [1.82, 2.24) is 19.6 Å². The van der Waals surface area contributed by atoms with E-state index in [0.29, 0.717) is 19.0 Å². The predicted molar refractivity (Wildman–Crippen MR) is 145 cm³/mol. The van der Waals surface area contributed by atoms with Gasteiger partial charge in [0.2, 0.25) is 0 Å². The molecular formula is C30H46N4O3. The number of amides is 3. The smallest absolute Gasteiger partial charge is 0.410 e. The predicted octanol–water partition coefficient (Wildman–Crippen LogP) is 5.30. The van der Waals surface area contributed by atoms with E-state index in [2.05, 4.69) is 59.1 Å². The Kier molecular flexibility index (Phi) is 6.97. The number of nitrogens with zero attached hydrogens (tertiary/aromatic N) is 4. The van der Waals surface area contributed by atoms with Gasteiger partial charge in [0.1, 0.15) is 5.60 Å². The topological polar surface area (TPSA) is 56.3 Å². The van der Waals surface area contributed by atoms with Gasteiger partial charge in [0.05, 0.1) is 5.54 Å². The quantitative estimate of drug-likeness (QED) is 0.539. The van der Waals surface area contributed by atoms with E-state index in [1.54, 1.807) is 0 Å². The summed E-state index contributed by atoms with van der Waals surface area (Å²) in [6.07, 6.45) is 8.09. The number of hydrogen-bond donors (Lipinski definition) is 0. The minimum atomic E-state index is -0.489. The molecule has 0 radical (unpaired) electrons. The Hall–Kier alpha value is -2.28. The summed E-state index contributed by atoms with van der Waals surface area (Å²) in [4.78, 5) is 35.2. The van der Waals surface area contributed by atoms with Crippen LogP contribution in [0.1, 0.15) is 77.7 Å². The number of carbonyl (C=O) groups is 2. The molecular weight excluding hydrogens is 464 g/mol. The first-order valence-corrected chi connectivity index (χ1v) is 14.3. The molecule has 0 N–H and O–H groups in total. The first kappa shape index (κ1) is 26.3. The molecule has 4 fully saturated rings. The Morgan fingerprint density at radius 2 is 1.62 bits per heavy atom. The van der Waals surface area contributed by atoms with Crippen LogP contribution in [0.3, 0.4) is 0 Å². The summed E-state index contributed by atoms with van der Waals surface area (Å²) in [6.45, 7) is 8.75. The number of piperidine rings is 1. The van der Waals surface area contributed by atoms with Crippen molar-refractivity contribution in [2.75, 3.05) is 40.3 Å². The van der Waals surface area contributed by atoms with Gasteiger partial charge in [-0.05, 0) is 97.7 Å². The zero-order valence-electron chi connectivity index (χ0n) is 23.5. The van der Waals surface area contributed by atoms with Crippen LogP contribution in [-0.4, -0.2) is 89.2 Å². The van der Waals surface area contributed by atoms with Crippen LogP contribution < -0.4 is 0 Å². The number of carbonyl (C=O) groups excluding carboxylic acids is 2. The van der Waals surface area contributed by atoms with Crippen molar-refractivity contribution in [3.05, 3.63) is 35.9 Å². The summed E-state index contributed by atoms with van der Waals surface area (Å²) in [5.74, 6) is 0.671. The molecule has 5 rings (SSSR count). The zero-order chi connectivity index (χ0) is 26.4. The van der Waals surface area contributed by atoms with Crippen LogP contribution in [0.4, 0.5) is 9.59 Å². The van der Waals surface area contributed by atoms with Crippen LogP contribution in [0.15, 0.2) is 30.3 Å². The number of hydrogen-bond acceptors (Lipinski definition) is 4. The van der Waals surface area contributed by atoms with Crippen molar-refractivity contribution < 1.29 is 14.3 Å². The molecule has 7 nitrogen and oxygen atoms in total. The summed E-state index contributed by atoms with van der Waals surface area (Å²) in [5.41, 5.74) is 0.847. The maximum Gasteiger partial charge on any atom is 0.410 e. The maximum absolute atomic E-state index is 13.9. The highest BCUT2D eigenvalue weighted by molar-refractivity contribution is 5.79. The van der Waals surface area contributed by atoms with E-state index in [-0.39, 0.29) is 29.2 Å². The summed E-state index contributed by atoms with van der Waals surface area (Å²) in [5, 5.41) is 0. The molecule has 4 aliphatic rings. The number of rotatable bonds is 5. The highest BCUT2D eigenvalue weighted by Crippen LogP contribution is 2.50. The standard InChI is InChI=1S/C30H46N4O3/c1-28(2,3)37-27(36)32-19-13-25(14-20-32)33-22-29(34(26(33)35)21-23-11-12-23)15-17-30(18-16-29,31(4)5)24-9-7-6-8-10-24/h6-10,23,25H,11-22H2,1-5H3/t29-,30+. The average Bonchev–Trinajstić information content (AvgIpc) is 3.65. The van der Waals surface area contributed by atoms with Crippen molar-refractivity contribution in [3.8, 4) is 0 Å². The number of urea groups is 1. The molecule has 2 saturated heterocycles. The van der Waals surface area contributed by atoms with Gasteiger partial charge in [-0.3, -0.25) is 4.90 Å². The average molecular weight is 511 g/mol. The highest BCUT2D eigenvalue weighted by Gasteiger charge is 2.56. The molecule has 1 spiro atoms. The second-order valence-electron chi connectivity index (χ2n) is 13.2. The van der Waals surface area contributed by atoms with Gasteiger partial charge in [-0.15, -0.1) is 0 Å². The van der Waals surface area contributed by atoms with Crippen LogP contribution >= 0.6 is 0 Å². The Morgan fingerprint density at radius 3 is 2.16 bits per heavy atom. The molecule has 0 bridgehead atoms. The van der Waals surface area contributed by atoms with Gasteiger partial charge in [0.15, 0.2) is 0 Å². The fourth-order valence-corrected chi connectivity index (χ4v) is 6.93. The molecule has 0 unspecified atom stereocenters. The SMILES string of the molecule is CN(C)[C@]1(c2ccccc2)CC[C@]2(CC1)CN(C1CCN(C(=O)OC(C)(C)C)CC1)C(=O)N2CC1CC1. The first-order valence-electron chi connectivity index (χ1n) is 14.3. The summed E-state index contributed by atoms with van der Waals surface area (Å²) in [6, 6.07) is 11.4. The van der Waals surface area contributed by atoms with Gasteiger partial charge in [-0.2, -0.15) is 0 Å². The lowest BCUT2D eigenvalue weighted by atomic mass is 9.68. The molecule has 204 valence electrons. The number of benzene rings is 1. The number of ether oxygens (including phenoxy) is 1. The first-order chi connectivity index (χ1) is 17.5. The van der Waals surface area contributed by atoms with E-state index in [9.17, 15) is 9.59 Å². The maximum atomic E-state index is 13.9. The lowest BCUT2D eigenvalue weighted by molar-refractivity contribution is 0.0144. The Balaban J connectivity index is 1.30. The van der Waals surface area contributed by atoms with Crippen molar-refractivity contribution in [2.24, 2.45) is 5.92 Å². The third-order valence-corrected chi connectivity index (χ3v) is 9.38. The van der Waals surface area contributed by atoms with Gasteiger partial charge in [0, 0.05) is 37.8 Å². The summed E-state index contributed by atoms with van der Waals surface area (Å²) >= 11 is 0. The van der Waals surface area contributed by atoms with E-state index in [1.807, 2.05) is 25.7 Å². The number of likely N-dealkylation sites (tertiary alicyclic amines) is 1. The summed E-state index contributed by atoms with van der Waals surface area (Å²) < 4.78 is 5.59. The molecule has 2 saturated carbocycles. The Bertz CT molecular complexity index is 968. The molecule has 0 aromatic heterocycles. The van der Waals surface area contributed by atoms with Crippen molar-refractivity contribution in [3.63, 3.8) is 0 Å². The molecule has 0 atom stereocenters. The van der Waals surface area contributed by atoms with E-state index >= 15 is 0 Å². The highest BCUT2D eigenvalue weighted by atomic mass is 16.6. The molecule has 2 aliphatic carbocycles. The lowest BCUT2D eigenvalue weighted by Crippen LogP contribution is -2.55. The minimum Gasteiger partial charge on any atom is -0.444 e. The largest absolute Gasteiger partial charge is 0.444 e. The van der Waals surface area contributed by atoms with E-state index in [0.717, 1.165) is 51.6 Å². The van der Waals surface area contributed by atoms with Gasteiger partial charge in [0.25, 0.3) is 0 Å². The minimum absolute atomic E-state index is 0.0208. The molecule has 7 heteroatoms. The van der Waals surface area contributed by atoms with Crippen LogP contribution in [0, 0.1) is 5.92 Å². The second-order valence-corrected chi connectivity index (χ2v) is 13.2. The fraction of sp³-hybridized carbons (Fsp3) is 0.733. The van der Waals surface area contributed by atoms with E-state index in [4.69, 9.17) is 4.74 Å². The molecule has 3 amide bonds. The summed E-state index contributed by atoms with van der Waals surface area (Å²) in [7, 11) is 4.41. The van der Waals surface area contributed by atoms with Crippen LogP contribution in [-0.2, 0) is 10.3 Å². The van der Waals surface area contributed by atoms with Crippen molar-refractivity contribution >= 4 is 12.1 Å². The van der Waals surface area contributed by atoms with Gasteiger partial charge in [-0.25, -0.2) is 9.59 Å². The van der Waals surface area contributed by atoms with E-state index in [1.165, 1.54) is 18.4 Å². The molecule has 1 aromatic carbocycles. The molecule has 37 heavy (non-hydrogen) atoms. The molecule has 1 aromatic rings. The van der Waals surface area contributed by atoms with Crippen molar-refractivity contribution in [1.29, 1.82) is 0 Å². The third-order valence-electron chi connectivity index (χ3n) is 9.38. The lowest BCUT2D eigenvalue weighted by Gasteiger charge is -2.51. The van der Waals surface area contributed by atoms with Gasteiger partial charge in [-0.1, -0.05) is 30.3 Å². The van der Waals surface area contributed by atoms with Gasteiger partial charge >= 0.3 is 12.1 Å². The van der Waals surface area contributed by atoms with Crippen LogP contribution in [0.25, 0.3) is 0 Å². The molecule has 2 aliphatic heterocycles. The molecule has 2 heterocycles. The monoisotopic (exact) mass is 510 g/mol. The Labute approximate surface area is 223 Å². The fourth-order valence-electron chi connectivity index (χ4n) is 6.93.